The summed E-state index contributed by atoms with van der Waals surface area (Å²) < 4.78 is 7.70. The second-order valence-electron chi connectivity index (χ2n) is 10.0. The van der Waals surface area contributed by atoms with Crippen LogP contribution in [0.3, 0.4) is 0 Å². The normalized spacial score (nSPS) is 13.4. The number of carboxylic acids is 1. The van der Waals surface area contributed by atoms with E-state index in [0.717, 1.165) is 30.2 Å². The van der Waals surface area contributed by atoms with Crippen molar-refractivity contribution in [2.24, 2.45) is 5.92 Å². The minimum Gasteiger partial charge on any atom is -0.477 e. The van der Waals surface area contributed by atoms with Crippen molar-refractivity contribution in [3.63, 3.8) is 0 Å². The summed E-state index contributed by atoms with van der Waals surface area (Å²) in [6.07, 6.45) is 5.11. The monoisotopic (exact) mass is 586 g/mol. The summed E-state index contributed by atoms with van der Waals surface area (Å²) in [6, 6.07) is 5.25. The number of pyridine rings is 2. The Morgan fingerprint density at radius 3 is 2.71 bits per heavy atom. The number of anilines is 2. The summed E-state index contributed by atoms with van der Waals surface area (Å²) in [6.45, 7) is 7.38. The average Bonchev–Trinajstić information content (AvgIpc) is 3.55. The van der Waals surface area contributed by atoms with Crippen molar-refractivity contribution in [3.05, 3.63) is 64.0 Å². The Labute approximate surface area is 242 Å². The van der Waals surface area contributed by atoms with E-state index >= 15 is 0 Å². The molecule has 6 rings (SSSR count). The zero-order chi connectivity index (χ0) is 29.5. The van der Waals surface area contributed by atoms with E-state index in [1.165, 1.54) is 17.1 Å². The van der Waals surface area contributed by atoms with Gasteiger partial charge in [-0.15, -0.1) is 0 Å². The number of hydrogen-bond donors (Lipinski definition) is 2. The van der Waals surface area contributed by atoms with Gasteiger partial charge < -0.3 is 15.3 Å². The second-order valence-corrected chi connectivity index (χ2v) is 10.8. The lowest BCUT2D eigenvalue weighted by atomic mass is 9.98. The highest BCUT2D eigenvalue weighted by atomic mass is 32.1. The highest BCUT2D eigenvalue weighted by molar-refractivity contribution is 7.08. The molecular weight excluding hydrogens is 560 g/mol. The number of aromatic nitrogens is 8. The van der Waals surface area contributed by atoms with E-state index in [1.54, 1.807) is 25.3 Å². The lowest BCUT2D eigenvalue weighted by Gasteiger charge is -2.39. The SMILES string of the molecule is CCCn1nc(NC(=O)C2CN(c3cc(C)c4c(=O)c(C(=O)O)cn(-c5nc(-c6ccncn6)ns5)c4n3)C2)cc1C. The summed E-state index contributed by atoms with van der Waals surface area (Å²) in [7, 11) is 0. The van der Waals surface area contributed by atoms with Gasteiger partial charge in [0.1, 0.15) is 23.4 Å². The quantitative estimate of drug-likeness (QED) is 0.274. The van der Waals surface area contributed by atoms with Crippen LogP contribution in [0.5, 0.6) is 0 Å². The van der Waals surface area contributed by atoms with Gasteiger partial charge in [0.2, 0.25) is 16.5 Å². The van der Waals surface area contributed by atoms with E-state index in [-0.39, 0.29) is 22.9 Å². The molecule has 5 aromatic heterocycles. The average molecular weight is 587 g/mol. The van der Waals surface area contributed by atoms with Gasteiger partial charge >= 0.3 is 5.97 Å². The van der Waals surface area contributed by atoms with Gasteiger partial charge in [-0.05, 0) is 38.0 Å². The predicted octanol–water partition coefficient (Wildman–Crippen LogP) is 2.69. The molecule has 42 heavy (non-hydrogen) atoms. The maximum Gasteiger partial charge on any atom is 0.341 e. The van der Waals surface area contributed by atoms with E-state index in [4.69, 9.17) is 4.98 Å². The van der Waals surface area contributed by atoms with Crippen LogP contribution in [0.25, 0.3) is 27.7 Å². The minimum atomic E-state index is -1.36. The predicted molar refractivity (Wildman–Crippen MR) is 155 cm³/mol. The van der Waals surface area contributed by atoms with Gasteiger partial charge in [0.15, 0.2) is 17.3 Å². The number of carboxylic acid groups (broad SMARTS) is 1. The third-order valence-electron chi connectivity index (χ3n) is 7.05. The molecule has 14 nitrogen and oxygen atoms in total. The molecular formula is C27H26N10O4S. The summed E-state index contributed by atoms with van der Waals surface area (Å²) in [5, 5.41) is 17.6. The molecule has 0 saturated carbocycles. The van der Waals surface area contributed by atoms with Crippen LogP contribution in [0, 0.1) is 19.8 Å². The Morgan fingerprint density at radius 1 is 1.19 bits per heavy atom. The number of fused-ring (bicyclic) bond motifs is 1. The van der Waals surface area contributed by atoms with Crippen LogP contribution in [0.15, 0.2) is 41.7 Å². The molecule has 1 aliphatic rings. The molecule has 6 heterocycles. The Morgan fingerprint density at radius 2 is 2.00 bits per heavy atom. The number of hydrogen-bond acceptors (Lipinski definition) is 11. The highest BCUT2D eigenvalue weighted by Gasteiger charge is 2.34. The number of nitrogens with zero attached hydrogens (tertiary/aromatic N) is 9. The molecule has 0 bridgehead atoms. The molecule has 214 valence electrons. The maximum absolute atomic E-state index is 13.2. The highest BCUT2D eigenvalue weighted by Crippen LogP contribution is 2.29. The molecule has 5 aromatic rings. The first-order valence-electron chi connectivity index (χ1n) is 13.2. The van der Waals surface area contributed by atoms with Gasteiger partial charge in [0, 0.05) is 55.3 Å². The zero-order valence-corrected chi connectivity index (χ0v) is 23.8. The van der Waals surface area contributed by atoms with Crippen LogP contribution in [0.1, 0.15) is 35.0 Å². The third-order valence-corrected chi connectivity index (χ3v) is 7.76. The molecule has 0 aromatic carbocycles. The molecule has 0 radical (unpaired) electrons. The van der Waals surface area contributed by atoms with Crippen molar-refractivity contribution in [2.45, 2.75) is 33.7 Å². The lowest BCUT2D eigenvalue weighted by Crippen LogP contribution is -2.52. The maximum atomic E-state index is 13.2. The molecule has 1 amide bonds. The number of carbonyl (C=O) groups is 2. The smallest absolute Gasteiger partial charge is 0.341 e. The summed E-state index contributed by atoms with van der Waals surface area (Å²) >= 11 is 1.02. The van der Waals surface area contributed by atoms with Crippen LogP contribution >= 0.6 is 11.5 Å². The summed E-state index contributed by atoms with van der Waals surface area (Å²) in [5.41, 5.74) is 1.24. The number of carbonyl (C=O) groups excluding carboxylic acids is 1. The largest absolute Gasteiger partial charge is 0.477 e. The van der Waals surface area contributed by atoms with E-state index in [9.17, 15) is 19.5 Å². The molecule has 1 aliphatic heterocycles. The van der Waals surface area contributed by atoms with Gasteiger partial charge in [-0.2, -0.15) is 14.5 Å². The number of aromatic carboxylic acids is 1. The molecule has 0 unspecified atom stereocenters. The van der Waals surface area contributed by atoms with E-state index in [0.29, 0.717) is 46.9 Å². The second kappa shape index (κ2) is 10.7. The number of rotatable bonds is 8. The topological polar surface area (TPSA) is 174 Å². The number of aryl methyl sites for hydroxylation is 3. The van der Waals surface area contributed by atoms with Crippen LogP contribution in [-0.2, 0) is 11.3 Å². The summed E-state index contributed by atoms with van der Waals surface area (Å²) in [4.78, 5) is 57.3. The minimum absolute atomic E-state index is 0.126. The molecule has 2 N–H and O–H groups in total. The van der Waals surface area contributed by atoms with Gasteiger partial charge in [0.05, 0.1) is 11.3 Å². The van der Waals surface area contributed by atoms with Crippen LogP contribution in [0.2, 0.25) is 0 Å². The Bertz CT molecular complexity index is 1890. The third kappa shape index (κ3) is 4.87. The standard InChI is InChI=1S/C27H26N10O4S/c1-4-7-37-15(3)9-19(33-37)30-25(39)16-10-35(11-16)20-8-14(2)21-22(38)17(26(40)41)12-36(24(21)31-20)27-32-23(34-42-27)18-5-6-28-13-29-18/h5-6,8-9,12-13,16H,4,7,10-11H2,1-3H3,(H,40,41)(H,30,33,39). The Balaban J connectivity index is 1.31. The Hall–Kier alpha value is -5.05. The van der Waals surface area contributed by atoms with Gasteiger partial charge in [-0.3, -0.25) is 18.8 Å². The van der Waals surface area contributed by atoms with Crippen LogP contribution < -0.4 is 15.6 Å². The first-order chi connectivity index (χ1) is 20.2. The van der Waals surface area contributed by atoms with Crippen molar-refractivity contribution in [1.82, 2.24) is 38.7 Å². The van der Waals surface area contributed by atoms with Gasteiger partial charge in [0.25, 0.3) is 0 Å². The fourth-order valence-corrected chi connectivity index (χ4v) is 5.50. The molecule has 1 saturated heterocycles. The molecule has 1 fully saturated rings. The van der Waals surface area contributed by atoms with Crippen molar-refractivity contribution in [1.29, 1.82) is 0 Å². The molecule has 15 heteroatoms. The van der Waals surface area contributed by atoms with Crippen molar-refractivity contribution in [3.8, 4) is 16.6 Å². The zero-order valence-electron chi connectivity index (χ0n) is 23.0. The van der Waals surface area contributed by atoms with E-state index < -0.39 is 17.0 Å². The number of amides is 1. The lowest BCUT2D eigenvalue weighted by molar-refractivity contribution is -0.120. The molecule has 0 aliphatic carbocycles. The van der Waals surface area contributed by atoms with Crippen molar-refractivity contribution >= 4 is 46.1 Å². The molecule has 0 atom stereocenters. The van der Waals surface area contributed by atoms with Crippen LogP contribution in [0.4, 0.5) is 11.6 Å². The van der Waals surface area contributed by atoms with Crippen molar-refractivity contribution in [2.75, 3.05) is 23.3 Å². The number of nitrogens with one attached hydrogen (secondary N) is 1. The van der Waals surface area contributed by atoms with Crippen molar-refractivity contribution < 1.29 is 14.7 Å². The first kappa shape index (κ1) is 27.1. The Kier molecular flexibility index (Phi) is 6.94. The van der Waals surface area contributed by atoms with Gasteiger partial charge in [-0.25, -0.2) is 19.7 Å². The van der Waals surface area contributed by atoms with Crippen LogP contribution in [-0.4, -0.2) is 68.7 Å². The first-order valence-corrected chi connectivity index (χ1v) is 14.0. The molecule has 0 spiro atoms. The fourth-order valence-electron chi connectivity index (χ4n) is 4.85. The van der Waals surface area contributed by atoms with E-state index in [2.05, 4.69) is 36.7 Å². The van der Waals surface area contributed by atoms with E-state index in [1.807, 2.05) is 22.6 Å². The fraction of sp³-hybridized carbons (Fsp3) is 0.296. The summed E-state index contributed by atoms with van der Waals surface area (Å²) in [5.74, 6) is -0.329. The van der Waals surface area contributed by atoms with Gasteiger partial charge in [-0.1, -0.05) is 6.92 Å².